The van der Waals surface area contributed by atoms with Crippen molar-refractivity contribution in [1.29, 1.82) is 0 Å². The second-order valence-electron chi connectivity index (χ2n) is 4.84. The zero-order valence-corrected chi connectivity index (χ0v) is 12.3. The van der Waals surface area contributed by atoms with E-state index in [0.29, 0.717) is 12.1 Å². The second kappa shape index (κ2) is 5.62. The number of hydrogen-bond donors (Lipinski definition) is 0. The topological polar surface area (TPSA) is 31.2 Å². The van der Waals surface area contributed by atoms with Gasteiger partial charge in [0, 0.05) is 28.7 Å². The van der Waals surface area contributed by atoms with Crippen molar-refractivity contribution in [3.8, 4) is 0 Å². The predicted octanol–water partition coefficient (Wildman–Crippen LogP) is 4.13. The van der Waals surface area contributed by atoms with Crippen molar-refractivity contribution < 1.29 is 9.53 Å². The van der Waals surface area contributed by atoms with Crippen molar-refractivity contribution in [1.82, 2.24) is 4.57 Å². The minimum atomic E-state index is -0.319. The summed E-state index contributed by atoms with van der Waals surface area (Å²) in [7, 11) is 1.39. The van der Waals surface area contributed by atoms with E-state index in [4.69, 9.17) is 16.3 Å². The van der Waals surface area contributed by atoms with Crippen molar-refractivity contribution in [2.24, 2.45) is 0 Å². The van der Waals surface area contributed by atoms with E-state index in [9.17, 15) is 4.79 Å². The Balaban J connectivity index is 1.93. The van der Waals surface area contributed by atoms with E-state index in [1.165, 1.54) is 7.11 Å². The van der Waals surface area contributed by atoms with Crippen LogP contribution >= 0.6 is 11.6 Å². The smallest absolute Gasteiger partial charge is 0.337 e. The van der Waals surface area contributed by atoms with Crippen molar-refractivity contribution in [2.45, 2.75) is 6.54 Å². The number of carbonyl (C=O) groups excluding carboxylic acids is 1. The Morgan fingerprint density at radius 2 is 2.05 bits per heavy atom. The van der Waals surface area contributed by atoms with Gasteiger partial charge in [0.15, 0.2) is 0 Å². The normalized spacial score (nSPS) is 10.8. The predicted molar refractivity (Wildman–Crippen MR) is 83.8 cm³/mol. The summed E-state index contributed by atoms with van der Waals surface area (Å²) in [6.45, 7) is 0.690. The van der Waals surface area contributed by atoms with Crippen molar-refractivity contribution in [3.63, 3.8) is 0 Å². The van der Waals surface area contributed by atoms with Crippen LogP contribution < -0.4 is 0 Å². The first kappa shape index (κ1) is 13.7. The van der Waals surface area contributed by atoms with Gasteiger partial charge in [-0.1, -0.05) is 23.7 Å². The molecule has 0 radical (unpaired) electrons. The summed E-state index contributed by atoms with van der Waals surface area (Å²) in [4.78, 5) is 11.6. The Bertz CT molecular complexity index is 807. The van der Waals surface area contributed by atoms with Crippen LogP contribution in [0.5, 0.6) is 0 Å². The van der Waals surface area contributed by atoms with Crippen LogP contribution in [0.25, 0.3) is 10.9 Å². The summed E-state index contributed by atoms with van der Waals surface area (Å²) in [5, 5.41) is 1.83. The SMILES string of the molecule is COC(=O)c1cccc(Cn2ccc3cc(Cl)ccc32)c1. The number of hydrogen-bond acceptors (Lipinski definition) is 2. The van der Waals surface area contributed by atoms with Gasteiger partial charge in [-0.3, -0.25) is 0 Å². The molecule has 106 valence electrons. The van der Waals surface area contributed by atoms with Gasteiger partial charge in [-0.05, 0) is 42.0 Å². The van der Waals surface area contributed by atoms with E-state index in [1.54, 1.807) is 6.07 Å². The highest BCUT2D eigenvalue weighted by Crippen LogP contribution is 2.21. The molecule has 21 heavy (non-hydrogen) atoms. The standard InChI is InChI=1S/C17H14ClNO2/c1-21-17(20)14-4-2-3-12(9-14)11-19-8-7-13-10-15(18)5-6-16(13)19/h2-10H,11H2,1H3. The van der Waals surface area contributed by atoms with Gasteiger partial charge in [0.1, 0.15) is 0 Å². The summed E-state index contributed by atoms with van der Waals surface area (Å²) in [5.41, 5.74) is 2.72. The maximum absolute atomic E-state index is 11.6. The molecule has 0 saturated carbocycles. The Hall–Kier alpha value is -2.26. The molecule has 1 aromatic heterocycles. The number of benzene rings is 2. The van der Waals surface area contributed by atoms with E-state index in [1.807, 2.05) is 48.7 Å². The molecule has 4 heteroatoms. The second-order valence-corrected chi connectivity index (χ2v) is 5.28. The third kappa shape index (κ3) is 2.78. The highest BCUT2D eigenvalue weighted by atomic mass is 35.5. The first-order valence-corrected chi connectivity index (χ1v) is 6.97. The van der Waals surface area contributed by atoms with Gasteiger partial charge in [-0.2, -0.15) is 0 Å². The fourth-order valence-electron chi connectivity index (χ4n) is 2.42. The first-order valence-electron chi connectivity index (χ1n) is 6.59. The molecule has 1 heterocycles. The summed E-state index contributed by atoms with van der Waals surface area (Å²) in [6.07, 6.45) is 2.02. The maximum atomic E-state index is 11.6. The number of ether oxygens (including phenoxy) is 1. The number of methoxy groups -OCH3 is 1. The lowest BCUT2D eigenvalue weighted by atomic mass is 10.1. The molecule has 0 atom stereocenters. The number of nitrogens with zero attached hydrogens (tertiary/aromatic N) is 1. The van der Waals surface area contributed by atoms with Crippen molar-refractivity contribution >= 4 is 28.5 Å². The van der Waals surface area contributed by atoms with Gasteiger partial charge >= 0.3 is 5.97 Å². The van der Waals surface area contributed by atoms with E-state index in [0.717, 1.165) is 21.5 Å². The van der Waals surface area contributed by atoms with Crippen LogP contribution in [0, 0.1) is 0 Å². The summed E-state index contributed by atoms with van der Waals surface area (Å²) in [6, 6.07) is 15.3. The molecule has 2 aromatic carbocycles. The quantitative estimate of drug-likeness (QED) is 0.681. The average molecular weight is 300 g/mol. The molecule has 0 amide bonds. The van der Waals surface area contributed by atoms with Gasteiger partial charge in [0.05, 0.1) is 12.7 Å². The molecule has 3 nitrogen and oxygen atoms in total. The molecule has 0 spiro atoms. The molecule has 0 N–H and O–H groups in total. The van der Waals surface area contributed by atoms with Crippen LogP contribution in [0.1, 0.15) is 15.9 Å². The van der Waals surface area contributed by atoms with Crippen molar-refractivity contribution in [2.75, 3.05) is 7.11 Å². The molecule has 0 aliphatic rings. The van der Waals surface area contributed by atoms with Gasteiger partial charge in [0.2, 0.25) is 0 Å². The summed E-state index contributed by atoms with van der Waals surface area (Å²) >= 11 is 6.00. The third-order valence-corrected chi connectivity index (χ3v) is 3.67. The zero-order chi connectivity index (χ0) is 14.8. The third-order valence-electron chi connectivity index (χ3n) is 3.43. The van der Waals surface area contributed by atoms with Gasteiger partial charge < -0.3 is 9.30 Å². The molecule has 0 saturated heterocycles. The Kier molecular flexibility index (Phi) is 3.67. The monoisotopic (exact) mass is 299 g/mol. The number of rotatable bonds is 3. The Morgan fingerprint density at radius 3 is 2.86 bits per heavy atom. The lowest BCUT2D eigenvalue weighted by Gasteiger charge is -2.07. The Morgan fingerprint density at radius 1 is 1.19 bits per heavy atom. The van der Waals surface area contributed by atoms with Gasteiger partial charge in [0.25, 0.3) is 0 Å². The highest BCUT2D eigenvalue weighted by Gasteiger charge is 2.07. The molecule has 0 unspecified atom stereocenters. The Labute approximate surface area is 127 Å². The first-order chi connectivity index (χ1) is 10.2. The molecule has 0 aliphatic carbocycles. The van der Waals surface area contributed by atoms with Gasteiger partial charge in [-0.15, -0.1) is 0 Å². The molecular formula is C17H14ClNO2. The fraction of sp³-hybridized carbons (Fsp3) is 0.118. The summed E-state index contributed by atoms with van der Waals surface area (Å²) < 4.78 is 6.88. The molecule has 0 fully saturated rings. The lowest BCUT2D eigenvalue weighted by molar-refractivity contribution is 0.0600. The van der Waals surface area contributed by atoms with E-state index in [2.05, 4.69) is 4.57 Å². The number of halogens is 1. The van der Waals surface area contributed by atoms with Crippen LogP contribution in [0.4, 0.5) is 0 Å². The van der Waals surface area contributed by atoms with E-state index in [-0.39, 0.29) is 5.97 Å². The van der Waals surface area contributed by atoms with Crippen molar-refractivity contribution in [3.05, 3.63) is 70.9 Å². The van der Waals surface area contributed by atoms with Crippen LogP contribution in [0.15, 0.2) is 54.7 Å². The summed E-state index contributed by atoms with van der Waals surface area (Å²) in [5.74, 6) is -0.319. The zero-order valence-electron chi connectivity index (χ0n) is 11.5. The van der Waals surface area contributed by atoms with E-state index >= 15 is 0 Å². The highest BCUT2D eigenvalue weighted by molar-refractivity contribution is 6.31. The lowest BCUT2D eigenvalue weighted by Crippen LogP contribution is -2.03. The largest absolute Gasteiger partial charge is 0.465 e. The molecule has 3 rings (SSSR count). The fourth-order valence-corrected chi connectivity index (χ4v) is 2.60. The van der Waals surface area contributed by atoms with Crippen LogP contribution in [-0.2, 0) is 11.3 Å². The number of esters is 1. The molecular weight excluding hydrogens is 286 g/mol. The maximum Gasteiger partial charge on any atom is 0.337 e. The minimum absolute atomic E-state index is 0.319. The average Bonchev–Trinajstić information content (AvgIpc) is 2.89. The van der Waals surface area contributed by atoms with Gasteiger partial charge in [-0.25, -0.2) is 4.79 Å². The van der Waals surface area contributed by atoms with E-state index < -0.39 is 0 Å². The minimum Gasteiger partial charge on any atom is -0.465 e. The number of fused-ring (bicyclic) bond motifs is 1. The number of aromatic nitrogens is 1. The van der Waals surface area contributed by atoms with Crippen LogP contribution in [0.3, 0.4) is 0 Å². The molecule has 3 aromatic rings. The molecule has 0 bridgehead atoms. The van der Waals surface area contributed by atoms with Crippen LogP contribution in [0.2, 0.25) is 5.02 Å². The number of carbonyl (C=O) groups is 1. The molecule has 0 aliphatic heterocycles. The van der Waals surface area contributed by atoms with Crippen LogP contribution in [-0.4, -0.2) is 17.6 Å².